The zero-order chi connectivity index (χ0) is 21.3. The van der Waals surface area contributed by atoms with Crippen LogP contribution in [0.5, 0.6) is 0 Å². The molecule has 1 saturated heterocycles. The lowest BCUT2D eigenvalue weighted by molar-refractivity contribution is -0.122. The molecule has 0 spiro atoms. The highest BCUT2D eigenvalue weighted by molar-refractivity contribution is 6.39. The van der Waals surface area contributed by atoms with Crippen molar-refractivity contribution in [2.75, 3.05) is 4.90 Å². The first-order valence-corrected chi connectivity index (χ1v) is 9.32. The lowest BCUT2D eigenvalue weighted by Crippen LogP contribution is -2.54. The first kappa shape index (κ1) is 19.3. The molecular formula is C23H17FN2O4. The molecule has 6 nitrogen and oxygen atoms in total. The number of rotatable bonds is 4. The van der Waals surface area contributed by atoms with Crippen molar-refractivity contribution in [2.45, 2.75) is 13.3 Å². The van der Waals surface area contributed by atoms with Crippen LogP contribution in [-0.2, 0) is 16.0 Å². The smallest absolute Gasteiger partial charge is 0.335 e. The van der Waals surface area contributed by atoms with Gasteiger partial charge in [0.15, 0.2) is 0 Å². The van der Waals surface area contributed by atoms with E-state index in [9.17, 15) is 18.8 Å². The maximum Gasteiger partial charge on any atom is 0.335 e. The Balaban J connectivity index is 1.65. The lowest BCUT2D eigenvalue weighted by atomic mass is 10.1. The number of urea groups is 1. The Labute approximate surface area is 171 Å². The Morgan fingerprint density at radius 3 is 2.33 bits per heavy atom. The number of carbonyl (C=O) groups is 3. The number of halogens is 1. The van der Waals surface area contributed by atoms with Gasteiger partial charge in [-0.25, -0.2) is 14.1 Å². The molecule has 4 rings (SSSR count). The van der Waals surface area contributed by atoms with Crippen LogP contribution in [0.1, 0.15) is 18.2 Å². The number of barbiturate groups is 1. The zero-order valence-corrected chi connectivity index (χ0v) is 16.0. The van der Waals surface area contributed by atoms with Crippen molar-refractivity contribution in [3.63, 3.8) is 0 Å². The molecule has 30 heavy (non-hydrogen) atoms. The summed E-state index contributed by atoms with van der Waals surface area (Å²) < 4.78 is 18.8. The molecule has 1 N–H and O–H groups in total. The van der Waals surface area contributed by atoms with Crippen LogP contribution >= 0.6 is 0 Å². The van der Waals surface area contributed by atoms with Crippen molar-refractivity contribution >= 4 is 29.6 Å². The van der Waals surface area contributed by atoms with Crippen molar-refractivity contribution in [2.24, 2.45) is 0 Å². The van der Waals surface area contributed by atoms with E-state index in [0.717, 1.165) is 16.9 Å². The first-order chi connectivity index (χ1) is 14.5. The van der Waals surface area contributed by atoms with Crippen LogP contribution in [-0.4, -0.2) is 17.8 Å². The summed E-state index contributed by atoms with van der Waals surface area (Å²) in [7, 11) is 0. The Morgan fingerprint density at radius 2 is 1.67 bits per heavy atom. The molecule has 2 aromatic carbocycles. The van der Waals surface area contributed by atoms with E-state index in [1.807, 2.05) is 19.1 Å². The summed E-state index contributed by atoms with van der Waals surface area (Å²) in [5.74, 6) is -1.20. The van der Waals surface area contributed by atoms with E-state index < -0.39 is 17.8 Å². The summed E-state index contributed by atoms with van der Waals surface area (Å²) in [6.07, 6.45) is 2.10. The fraction of sp³-hybridized carbons (Fsp3) is 0.0870. The maximum absolute atomic E-state index is 13.1. The molecule has 0 aliphatic carbocycles. The standard InChI is InChI=1S/C23H17FN2O4/c1-2-14-3-9-17(10-4-14)26-22(28)19(21(27)25-23(26)29)13-18-11-12-20(30-18)15-5-7-16(24)8-6-15/h3-13H,2H2,1H3,(H,25,27,29)/b19-13-. The summed E-state index contributed by atoms with van der Waals surface area (Å²) in [6, 6.07) is 15.1. The molecule has 150 valence electrons. The molecule has 1 aliphatic rings. The highest BCUT2D eigenvalue weighted by Crippen LogP contribution is 2.26. The predicted octanol–water partition coefficient (Wildman–Crippen LogP) is 4.31. The Morgan fingerprint density at radius 1 is 0.967 bits per heavy atom. The molecule has 2 heterocycles. The van der Waals surface area contributed by atoms with Crippen LogP contribution < -0.4 is 10.2 Å². The van der Waals surface area contributed by atoms with E-state index in [1.54, 1.807) is 36.4 Å². The number of benzene rings is 2. The number of nitrogens with zero attached hydrogens (tertiary/aromatic N) is 1. The third-order valence-electron chi connectivity index (χ3n) is 4.75. The average molecular weight is 404 g/mol. The van der Waals surface area contributed by atoms with Crippen LogP contribution in [0.4, 0.5) is 14.9 Å². The van der Waals surface area contributed by atoms with Gasteiger partial charge >= 0.3 is 6.03 Å². The number of imide groups is 2. The van der Waals surface area contributed by atoms with Crippen LogP contribution in [0.2, 0.25) is 0 Å². The molecule has 7 heteroatoms. The zero-order valence-electron chi connectivity index (χ0n) is 16.0. The molecule has 0 atom stereocenters. The minimum absolute atomic E-state index is 0.228. The number of furan rings is 1. The highest BCUT2D eigenvalue weighted by Gasteiger charge is 2.37. The quantitative estimate of drug-likeness (QED) is 0.519. The van der Waals surface area contributed by atoms with Gasteiger partial charge in [-0.15, -0.1) is 0 Å². The molecule has 0 unspecified atom stereocenters. The van der Waals surface area contributed by atoms with Crippen molar-refractivity contribution in [3.8, 4) is 11.3 Å². The van der Waals surface area contributed by atoms with E-state index >= 15 is 0 Å². The van der Waals surface area contributed by atoms with Gasteiger partial charge in [0.2, 0.25) is 0 Å². The van der Waals surface area contributed by atoms with Gasteiger partial charge in [-0.2, -0.15) is 0 Å². The van der Waals surface area contributed by atoms with Crippen LogP contribution in [0.15, 0.2) is 70.7 Å². The van der Waals surface area contributed by atoms with Gasteiger partial charge in [0.25, 0.3) is 11.8 Å². The number of hydrogen-bond acceptors (Lipinski definition) is 4. The Kier molecular flexibility index (Phi) is 5.02. The number of hydrogen-bond donors (Lipinski definition) is 1. The largest absolute Gasteiger partial charge is 0.457 e. The monoisotopic (exact) mass is 404 g/mol. The third-order valence-corrected chi connectivity index (χ3v) is 4.75. The first-order valence-electron chi connectivity index (χ1n) is 9.32. The van der Waals surface area contributed by atoms with E-state index in [1.165, 1.54) is 18.2 Å². The molecule has 1 fully saturated rings. The summed E-state index contributed by atoms with van der Waals surface area (Å²) in [5, 5.41) is 2.18. The van der Waals surface area contributed by atoms with Gasteiger partial charge in [-0.1, -0.05) is 19.1 Å². The topological polar surface area (TPSA) is 79.6 Å². The van der Waals surface area contributed by atoms with Crippen molar-refractivity contribution < 1.29 is 23.2 Å². The van der Waals surface area contributed by atoms with Gasteiger partial charge in [0.05, 0.1) is 5.69 Å². The molecule has 4 amide bonds. The third kappa shape index (κ3) is 3.65. The SMILES string of the molecule is CCc1ccc(N2C(=O)NC(=O)/C(=C/c3ccc(-c4ccc(F)cc4)o3)C2=O)cc1. The van der Waals surface area contributed by atoms with E-state index in [2.05, 4.69) is 5.32 Å². The highest BCUT2D eigenvalue weighted by atomic mass is 19.1. The summed E-state index contributed by atoms with van der Waals surface area (Å²) in [5.41, 5.74) is 1.83. The summed E-state index contributed by atoms with van der Waals surface area (Å²) in [4.78, 5) is 38.4. The van der Waals surface area contributed by atoms with Crippen molar-refractivity contribution in [1.29, 1.82) is 0 Å². The minimum Gasteiger partial charge on any atom is -0.457 e. The van der Waals surface area contributed by atoms with Crippen LogP contribution in [0.3, 0.4) is 0 Å². The second-order valence-electron chi connectivity index (χ2n) is 6.69. The van der Waals surface area contributed by atoms with Crippen molar-refractivity contribution in [1.82, 2.24) is 5.32 Å². The normalized spacial score (nSPS) is 15.6. The van der Waals surface area contributed by atoms with Gasteiger partial charge in [0.1, 0.15) is 22.9 Å². The van der Waals surface area contributed by atoms with E-state index in [0.29, 0.717) is 17.0 Å². The second-order valence-corrected chi connectivity index (χ2v) is 6.69. The maximum atomic E-state index is 13.1. The number of aryl methyl sites for hydroxylation is 1. The fourth-order valence-corrected chi connectivity index (χ4v) is 3.11. The molecule has 3 aromatic rings. The molecule has 0 saturated carbocycles. The van der Waals surface area contributed by atoms with Gasteiger partial charge in [-0.05, 0) is 66.6 Å². The fourth-order valence-electron chi connectivity index (χ4n) is 3.11. The average Bonchev–Trinajstić information content (AvgIpc) is 3.21. The minimum atomic E-state index is -0.808. The Hall–Kier alpha value is -4.00. The predicted molar refractivity (Wildman–Crippen MR) is 109 cm³/mol. The van der Waals surface area contributed by atoms with Gasteiger partial charge < -0.3 is 4.42 Å². The van der Waals surface area contributed by atoms with E-state index in [-0.39, 0.29) is 17.2 Å². The van der Waals surface area contributed by atoms with E-state index in [4.69, 9.17) is 4.42 Å². The molecule has 1 aliphatic heterocycles. The lowest BCUT2D eigenvalue weighted by Gasteiger charge is -2.26. The molecular weight excluding hydrogens is 387 g/mol. The van der Waals surface area contributed by atoms with Crippen molar-refractivity contribution in [3.05, 3.63) is 83.4 Å². The molecule has 1 aromatic heterocycles. The number of nitrogens with one attached hydrogen (secondary N) is 1. The summed E-state index contributed by atoms with van der Waals surface area (Å²) in [6.45, 7) is 2.00. The number of carbonyl (C=O) groups excluding carboxylic acids is 3. The molecule has 0 radical (unpaired) electrons. The Bertz CT molecular complexity index is 1160. The molecule has 0 bridgehead atoms. The summed E-state index contributed by atoms with van der Waals surface area (Å²) >= 11 is 0. The van der Waals surface area contributed by atoms with Gasteiger partial charge in [0, 0.05) is 5.56 Å². The number of anilines is 1. The van der Waals surface area contributed by atoms with Crippen LogP contribution in [0.25, 0.3) is 17.4 Å². The van der Waals surface area contributed by atoms with Gasteiger partial charge in [-0.3, -0.25) is 14.9 Å². The number of amides is 4. The van der Waals surface area contributed by atoms with Crippen LogP contribution in [0, 0.1) is 5.82 Å². The second kappa shape index (κ2) is 7.79.